The van der Waals surface area contributed by atoms with E-state index in [2.05, 4.69) is 17.1 Å². The summed E-state index contributed by atoms with van der Waals surface area (Å²) in [6.07, 6.45) is 14.6. The summed E-state index contributed by atoms with van der Waals surface area (Å²) in [6.45, 7) is 4.92. The Labute approximate surface area is 119 Å². The van der Waals surface area contributed by atoms with E-state index in [-0.39, 0.29) is 0 Å². The van der Waals surface area contributed by atoms with Crippen molar-refractivity contribution < 1.29 is 0 Å². The second kappa shape index (κ2) is 6.58. The average Bonchev–Trinajstić information content (AvgIpc) is 3.01. The standard InChI is InChI=1S/C17H32N2/c1-2-15-13-19(16-10-6-7-11-16)17(12-18-15)14-8-4-3-5-9-14/h14-18H,2-13H2,1H3. The maximum atomic E-state index is 3.83. The lowest BCUT2D eigenvalue weighted by Crippen LogP contribution is -2.61. The Balaban J connectivity index is 1.68. The fourth-order valence-corrected chi connectivity index (χ4v) is 4.74. The van der Waals surface area contributed by atoms with Gasteiger partial charge in [-0.25, -0.2) is 0 Å². The van der Waals surface area contributed by atoms with Crippen molar-refractivity contribution in [3.05, 3.63) is 0 Å². The molecule has 1 aliphatic heterocycles. The van der Waals surface area contributed by atoms with Crippen LogP contribution in [0.4, 0.5) is 0 Å². The van der Waals surface area contributed by atoms with Crippen molar-refractivity contribution in [1.29, 1.82) is 0 Å². The van der Waals surface area contributed by atoms with Crippen molar-refractivity contribution in [1.82, 2.24) is 10.2 Å². The molecule has 110 valence electrons. The highest BCUT2D eigenvalue weighted by molar-refractivity contribution is 4.94. The summed E-state index contributed by atoms with van der Waals surface area (Å²) in [5.74, 6) is 0.986. The van der Waals surface area contributed by atoms with E-state index >= 15 is 0 Å². The smallest absolute Gasteiger partial charge is 0.0252 e. The summed E-state index contributed by atoms with van der Waals surface area (Å²) in [5, 5.41) is 3.83. The molecule has 0 amide bonds. The molecule has 0 aromatic rings. The van der Waals surface area contributed by atoms with E-state index in [1.54, 1.807) is 0 Å². The molecule has 2 unspecified atom stereocenters. The van der Waals surface area contributed by atoms with Crippen LogP contribution in [0.1, 0.15) is 71.1 Å². The Kier molecular flexibility index (Phi) is 4.81. The van der Waals surface area contributed by atoms with E-state index in [1.165, 1.54) is 77.3 Å². The molecule has 3 rings (SSSR count). The normalized spacial score (nSPS) is 35.8. The first-order valence-corrected chi connectivity index (χ1v) is 8.87. The van der Waals surface area contributed by atoms with Crippen LogP contribution in [-0.2, 0) is 0 Å². The molecule has 19 heavy (non-hydrogen) atoms. The van der Waals surface area contributed by atoms with Crippen molar-refractivity contribution in [2.45, 2.75) is 89.3 Å². The van der Waals surface area contributed by atoms with Gasteiger partial charge in [-0.2, -0.15) is 0 Å². The van der Waals surface area contributed by atoms with Crippen LogP contribution in [0.3, 0.4) is 0 Å². The van der Waals surface area contributed by atoms with Gasteiger partial charge in [0.1, 0.15) is 0 Å². The van der Waals surface area contributed by atoms with Gasteiger partial charge in [-0.1, -0.05) is 39.0 Å². The molecule has 2 heteroatoms. The third-order valence-corrected chi connectivity index (χ3v) is 5.95. The number of rotatable bonds is 3. The minimum atomic E-state index is 0.750. The van der Waals surface area contributed by atoms with Gasteiger partial charge in [0.05, 0.1) is 0 Å². The molecule has 0 spiro atoms. The quantitative estimate of drug-likeness (QED) is 0.838. The van der Waals surface area contributed by atoms with Gasteiger partial charge in [0.15, 0.2) is 0 Å². The molecule has 3 aliphatic rings. The molecule has 1 heterocycles. The highest BCUT2D eigenvalue weighted by Gasteiger charge is 2.37. The summed E-state index contributed by atoms with van der Waals surface area (Å²) in [4.78, 5) is 2.95. The Hall–Kier alpha value is -0.0800. The van der Waals surface area contributed by atoms with Crippen LogP contribution < -0.4 is 5.32 Å². The number of hydrogen-bond acceptors (Lipinski definition) is 2. The summed E-state index contributed by atoms with van der Waals surface area (Å²) >= 11 is 0. The molecule has 2 saturated carbocycles. The van der Waals surface area contributed by atoms with Crippen LogP contribution in [-0.4, -0.2) is 36.1 Å². The first-order chi connectivity index (χ1) is 9.38. The Morgan fingerprint density at radius 2 is 1.63 bits per heavy atom. The number of piperazine rings is 1. The van der Waals surface area contributed by atoms with Gasteiger partial charge in [-0.05, 0) is 38.0 Å². The molecule has 3 fully saturated rings. The Bertz CT molecular complexity index is 266. The molecule has 2 nitrogen and oxygen atoms in total. The van der Waals surface area contributed by atoms with Crippen LogP contribution >= 0.6 is 0 Å². The molecular formula is C17H32N2. The average molecular weight is 264 g/mol. The fourth-order valence-electron chi connectivity index (χ4n) is 4.74. The maximum absolute atomic E-state index is 3.83. The van der Waals surface area contributed by atoms with E-state index in [1.807, 2.05) is 0 Å². The van der Waals surface area contributed by atoms with Crippen molar-refractivity contribution in [3.8, 4) is 0 Å². The van der Waals surface area contributed by atoms with Crippen LogP contribution in [0.5, 0.6) is 0 Å². The first kappa shape index (κ1) is 13.9. The lowest BCUT2D eigenvalue weighted by molar-refractivity contribution is 0.0365. The zero-order chi connectivity index (χ0) is 13.1. The minimum absolute atomic E-state index is 0.750. The molecule has 0 aromatic carbocycles. The van der Waals surface area contributed by atoms with E-state index in [4.69, 9.17) is 0 Å². The predicted molar refractivity (Wildman–Crippen MR) is 81.4 cm³/mol. The predicted octanol–water partition coefficient (Wildman–Crippen LogP) is 3.56. The van der Waals surface area contributed by atoms with E-state index < -0.39 is 0 Å². The van der Waals surface area contributed by atoms with Gasteiger partial charge in [0.2, 0.25) is 0 Å². The molecular weight excluding hydrogens is 232 g/mol. The van der Waals surface area contributed by atoms with Gasteiger partial charge in [0.25, 0.3) is 0 Å². The molecule has 2 atom stereocenters. The lowest BCUT2D eigenvalue weighted by Gasteiger charge is -2.47. The summed E-state index contributed by atoms with van der Waals surface area (Å²) in [5.41, 5.74) is 0. The third-order valence-electron chi connectivity index (χ3n) is 5.95. The Morgan fingerprint density at radius 3 is 2.32 bits per heavy atom. The number of nitrogens with zero attached hydrogens (tertiary/aromatic N) is 1. The van der Waals surface area contributed by atoms with Gasteiger partial charge < -0.3 is 5.32 Å². The molecule has 2 aliphatic carbocycles. The molecule has 0 aromatic heterocycles. The minimum Gasteiger partial charge on any atom is -0.311 e. The van der Waals surface area contributed by atoms with Crippen molar-refractivity contribution >= 4 is 0 Å². The summed E-state index contributed by atoms with van der Waals surface area (Å²) in [6, 6.07) is 2.52. The highest BCUT2D eigenvalue weighted by Crippen LogP contribution is 2.34. The number of hydrogen-bond donors (Lipinski definition) is 1. The molecule has 0 radical (unpaired) electrons. The van der Waals surface area contributed by atoms with Gasteiger partial charge in [-0.3, -0.25) is 4.90 Å². The molecule has 1 N–H and O–H groups in total. The summed E-state index contributed by atoms with van der Waals surface area (Å²) in [7, 11) is 0. The monoisotopic (exact) mass is 264 g/mol. The Morgan fingerprint density at radius 1 is 0.947 bits per heavy atom. The SMILES string of the molecule is CCC1CN(C2CCCC2)C(C2CCCCC2)CN1. The zero-order valence-corrected chi connectivity index (χ0v) is 12.7. The van der Waals surface area contributed by atoms with Crippen LogP contribution in [0, 0.1) is 5.92 Å². The van der Waals surface area contributed by atoms with Gasteiger partial charge >= 0.3 is 0 Å². The summed E-state index contributed by atoms with van der Waals surface area (Å²) < 4.78 is 0. The van der Waals surface area contributed by atoms with E-state index in [0.717, 1.165) is 24.0 Å². The van der Waals surface area contributed by atoms with Crippen molar-refractivity contribution in [2.75, 3.05) is 13.1 Å². The van der Waals surface area contributed by atoms with E-state index in [9.17, 15) is 0 Å². The van der Waals surface area contributed by atoms with Crippen LogP contribution in [0.2, 0.25) is 0 Å². The molecule has 1 saturated heterocycles. The van der Waals surface area contributed by atoms with Crippen molar-refractivity contribution in [2.24, 2.45) is 5.92 Å². The lowest BCUT2D eigenvalue weighted by atomic mass is 9.81. The maximum Gasteiger partial charge on any atom is 0.0252 e. The largest absolute Gasteiger partial charge is 0.311 e. The van der Waals surface area contributed by atoms with Crippen LogP contribution in [0.25, 0.3) is 0 Å². The third kappa shape index (κ3) is 3.16. The topological polar surface area (TPSA) is 15.3 Å². The second-order valence-corrected chi connectivity index (χ2v) is 7.11. The number of nitrogens with one attached hydrogen (secondary N) is 1. The van der Waals surface area contributed by atoms with Gasteiger partial charge in [0, 0.05) is 31.2 Å². The fraction of sp³-hybridized carbons (Fsp3) is 1.00. The van der Waals surface area contributed by atoms with Crippen molar-refractivity contribution in [3.63, 3.8) is 0 Å². The second-order valence-electron chi connectivity index (χ2n) is 7.11. The zero-order valence-electron chi connectivity index (χ0n) is 12.7. The van der Waals surface area contributed by atoms with Gasteiger partial charge in [-0.15, -0.1) is 0 Å². The first-order valence-electron chi connectivity index (χ1n) is 8.87. The molecule has 0 bridgehead atoms. The van der Waals surface area contributed by atoms with Crippen LogP contribution in [0.15, 0.2) is 0 Å². The van der Waals surface area contributed by atoms with E-state index in [0.29, 0.717) is 0 Å². The highest BCUT2D eigenvalue weighted by atomic mass is 15.3.